The van der Waals surface area contributed by atoms with Crippen molar-refractivity contribution in [2.75, 3.05) is 12.3 Å². The molecule has 0 aromatic heterocycles. The third-order valence-electron chi connectivity index (χ3n) is 3.14. The van der Waals surface area contributed by atoms with Crippen LogP contribution in [0.2, 0.25) is 0 Å². The molecule has 5 nitrogen and oxygen atoms in total. The quantitative estimate of drug-likeness (QED) is 0.681. The third kappa shape index (κ3) is 4.62. The molecule has 1 aliphatic rings. The second-order valence-corrected chi connectivity index (χ2v) is 6.47. The molecule has 2 atom stereocenters. The van der Waals surface area contributed by atoms with E-state index in [-0.39, 0.29) is 16.6 Å². The summed E-state index contributed by atoms with van der Waals surface area (Å²) in [5, 5.41) is 3.21. The van der Waals surface area contributed by atoms with Crippen molar-refractivity contribution < 1.29 is 9.59 Å². The van der Waals surface area contributed by atoms with Gasteiger partial charge in [-0.2, -0.15) is 0 Å². The fourth-order valence-corrected chi connectivity index (χ4v) is 2.81. The lowest BCUT2D eigenvalue weighted by Gasteiger charge is -2.25. The number of nitrogens with two attached hydrogens (primary N) is 1. The minimum absolute atomic E-state index is 0.00310. The van der Waals surface area contributed by atoms with Gasteiger partial charge in [-0.25, -0.2) is 0 Å². The Labute approximate surface area is 118 Å². The summed E-state index contributed by atoms with van der Waals surface area (Å²) in [6, 6.07) is -0.859. The molecule has 1 rings (SSSR count). The Bertz CT molecular complexity index is 369. The Morgan fingerprint density at radius 1 is 1.68 bits per heavy atom. The van der Waals surface area contributed by atoms with E-state index in [2.05, 4.69) is 31.1 Å². The molecule has 0 aromatic rings. The van der Waals surface area contributed by atoms with Gasteiger partial charge in [-0.1, -0.05) is 39.0 Å². The molecule has 0 aromatic carbocycles. The van der Waals surface area contributed by atoms with Crippen molar-refractivity contribution in [1.82, 2.24) is 5.32 Å². The number of nitrogens with zero attached hydrogens (tertiary/aromatic N) is 1. The van der Waals surface area contributed by atoms with E-state index in [1.165, 1.54) is 0 Å². The lowest BCUT2D eigenvalue weighted by atomic mass is 9.86. The summed E-state index contributed by atoms with van der Waals surface area (Å²) < 4.78 is 0. The zero-order valence-corrected chi connectivity index (χ0v) is 12.6. The van der Waals surface area contributed by atoms with Gasteiger partial charge < -0.3 is 15.8 Å². The molecule has 108 valence electrons. The van der Waals surface area contributed by atoms with Gasteiger partial charge in [-0.15, -0.1) is 0 Å². The summed E-state index contributed by atoms with van der Waals surface area (Å²) in [7, 11) is 0. The Kier molecular flexibility index (Phi) is 6.00. The standard InChI is InChI=1S/C13H23N3O2S/c1-4-5-13(2,3)12-15-6-10(16-12)11(18)19-8-9(14)7-17/h7,9-10H,4-6,8,14H2,1-3H3,(H,15,16). The first-order valence-corrected chi connectivity index (χ1v) is 7.58. The lowest BCUT2D eigenvalue weighted by Crippen LogP contribution is -2.42. The average Bonchev–Trinajstić information content (AvgIpc) is 2.85. The molecule has 19 heavy (non-hydrogen) atoms. The van der Waals surface area contributed by atoms with E-state index in [4.69, 9.17) is 5.73 Å². The second-order valence-electron chi connectivity index (χ2n) is 5.45. The van der Waals surface area contributed by atoms with E-state index in [0.717, 1.165) is 30.4 Å². The molecular formula is C13H23N3O2S. The largest absolute Gasteiger partial charge is 0.361 e. The first-order chi connectivity index (χ1) is 8.90. The average molecular weight is 285 g/mol. The maximum atomic E-state index is 12.0. The Balaban J connectivity index is 2.46. The zero-order valence-electron chi connectivity index (χ0n) is 11.8. The number of carbonyl (C=O) groups excluding carboxylic acids is 2. The highest BCUT2D eigenvalue weighted by Crippen LogP contribution is 2.26. The number of nitrogens with one attached hydrogen (secondary N) is 1. The molecule has 3 N–H and O–H groups in total. The monoisotopic (exact) mass is 285 g/mol. The molecule has 0 saturated carbocycles. The molecule has 0 spiro atoms. The van der Waals surface area contributed by atoms with Crippen LogP contribution in [0.5, 0.6) is 0 Å². The molecule has 1 aliphatic heterocycles. The van der Waals surface area contributed by atoms with Gasteiger partial charge in [0.15, 0.2) is 0 Å². The summed E-state index contributed by atoms with van der Waals surface area (Å²) in [6.07, 6.45) is 2.77. The van der Waals surface area contributed by atoms with Crippen molar-refractivity contribution in [1.29, 1.82) is 0 Å². The fourth-order valence-electron chi connectivity index (χ4n) is 2.04. The van der Waals surface area contributed by atoms with Crippen molar-refractivity contribution >= 4 is 29.0 Å². The molecule has 0 saturated heterocycles. The van der Waals surface area contributed by atoms with Gasteiger partial charge in [-0.05, 0) is 6.42 Å². The summed E-state index contributed by atoms with van der Waals surface area (Å²) in [5.74, 6) is 1.24. The predicted molar refractivity (Wildman–Crippen MR) is 79.4 cm³/mol. The normalized spacial score (nSPS) is 20.6. The van der Waals surface area contributed by atoms with Crippen LogP contribution in [0.25, 0.3) is 0 Å². The Morgan fingerprint density at radius 2 is 2.37 bits per heavy atom. The molecule has 0 aliphatic carbocycles. The van der Waals surface area contributed by atoms with E-state index in [9.17, 15) is 9.59 Å². The van der Waals surface area contributed by atoms with E-state index in [0.29, 0.717) is 18.6 Å². The van der Waals surface area contributed by atoms with Crippen LogP contribution in [-0.2, 0) is 9.59 Å². The number of carbonyl (C=O) groups is 2. The van der Waals surface area contributed by atoms with Crippen LogP contribution in [-0.4, -0.2) is 41.6 Å². The number of amidine groups is 1. The summed E-state index contributed by atoms with van der Waals surface area (Å²) in [5.41, 5.74) is 5.45. The van der Waals surface area contributed by atoms with Crippen molar-refractivity contribution in [3.05, 3.63) is 0 Å². The van der Waals surface area contributed by atoms with Gasteiger partial charge in [0.2, 0.25) is 5.12 Å². The fraction of sp³-hybridized carbons (Fsp3) is 0.769. The Hall–Kier alpha value is -0.880. The summed E-state index contributed by atoms with van der Waals surface area (Å²) in [4.78, 5) is 26.8. The number of rotatable bonds is 7. The number of hydrogen-bond donors (Lipinski definition) is 2. The molecule has 0 amide bonds. The molecule has 2 unspecified atom stereocenters. The third-order valence-corrected chi connectivity index (χ3v) is 4.26. The lowest BCUT2D eigenvalue weighted by molar-refractivity contribution is -0.112. The first kappa shape index (κ1) is 16.2. The number of aliphatic imine (C=N–C) groups is 1. The van der Waals surface area contributed by atoms with Crippen LogP contribution in [0.4, 0.5) is 0 Å². The number of aldehydes is 1. The zero-order chi connectivity index (χ0) is 14.5. The predicted octanol–water partition coefficient (Wildman–Crippen LogP) is 0.969. The van der Waals surface area contributed by atoms with Crippen molar-refractivity contribution in [3.63, 3.8) is 0 Å². The van der Waals surface area contributed by atoms with Gasteiger partial charge >= 0.3 is 0 Å². The topological polar surface area (TPSA) is 84.6 Å². The van der Waals surface area contributed by atoms with Gasteiger partial charge in [0.25, 0.3) is 0 Å². The number of hydrogen-bond acceptors (Lipinski definition) is 6. The molecule has 6 heteroatoms. The molecule has 0 bridgehead atoms. The minimum Gasteiger partial charge on any atom is -0.361 e. The minimum atomic E-state index is -0.577. The van der Waals surface area contributed by atoms with Crippen molar-refractivity contribution in [2.24, 2.45) is 16.1 Å². The second kappa shape index (κ2) is 7.05. The van der Waals surface area contributed by atoms with Crippen LogP contribution in [0.3, 0.4) is 0 Å². The van der Waals surface area contributed by atoms with E-state index in [1.807, 2.05) is 0 Å². The van der Waals surface area contributed by atoms with Gasteiger partial charge in [0.1, 0.15) is 18.2 Å². The van der Waals surface area contributed by atoms with Crippen LogP contribution in [0.15, 0.2) is 4.99 Å². The highest BCUT2D eigenvalue weighted by Gasteiger charge is 2.32. The molecule has 0 fully saturated rings. The smallest absolute Gasteiger partial charge is 0.213 e. The first-order valence-electron chi connectivity index (χ1n) is 6.59. The van der Waals surface area contributed by atoms with Crippen LogP contribution in [0, 0.1) is 5.41 Å². The van der Waals surface area contributed by atoms with E-state index in [1.54, 1.807) is 0 Å². The van der Waals surface area contributed by atoms with Gasteiger partial charge in [0.05, 0.1) is 12.6 Å². The highest BCUT2D eigenvalue weighted by molar-refractivity contribution is 8.13. The van der Waals surface area contributed by atoms with Crippen molar-refractivity contribution in [2.45, 2.75) is 45.7 Å². The summed E-state index contributed by atoms with van der Waals surface area (Å²) >= 11 is 1.10. The molecule has 1 heterocycles. The van der Waals surface area contributed by atoms with E-state index >= 15 is 0 Å². The van der Waals surface area contributed by atoms with Crippen LogP contribution < -0.4 is 11.1 Å². The maximum Gasteiger partial charge on any atom is 0.213 e. The maximum absolute atomic E-state index is 12.0. The van der Waals surface area contributed by atoms with Gasteiger partial charge in [0, 0.05) is 11.2 Å². The van der Waals surface area contributed by atoms with Crippen LogP contribution >= 0.6 is 11.8 Å². The van der Waals surface area contributed by atoms with Gasteiger partial charge in [-0.3, -0.25) is 9.79 Å². The van der Waals surface area contributed by atoms with Crippen molar-refractivity contribution in [3.8, 4) is 0 Å². The summed E-state index contributed by atoms with van der Waals surface area (Å²) in [6.45, 7) is 6.87. The Morgan fingerprint density at radius 3 is 2.95 bits per heavy atom. The molecular weight excluding hydrogens is 262 g/mol. The van der Waals surface area contributed by atoms with Crippen LogP contribution in [0.1, 0.15) is 33.6 Å². The number of thioether (sulfide) groups is 1. The van der Waals surface area contributed by atoms with E-state index < -0.39 is 6.04 Å². The SMILES string of the molecule is CCCC(C)(C)C1=NCC(C(=O)SCC(N)C=O)N1. The highest BCUT2D eigenvalue weighted by atomic mass is 32.2. The molecule has 0 radical (unpaired) electrons.